The van der Waals surface area contributed by atoms with E-state index in [1.165, 1.54) is 24.3 Å². The number of nitro groups is 3. The molecular weight excluding hydrogens is 430 g/mol. The standard InChI is InChI=1S/C18H11N5O9/c24-17-16(23(30)31)18(25)20-15(19-17)8-3-10-1-5-12(6-2-10)32-14-7-4-11(21(26)27)9-13(14)22(28)29/h1-9H,(H2,19,20,24,25)/b8-3-. The molecule has 0 aliphatic heterocycles. The molecule has 32 heavy (non-hydrogen) atoms. The molecule has 1 aromatic heterocycles. The van der Waals surface area contributed by atoms with Gasteiger partial charge in [-0.25, -0.2) is 0 Å². The second-order valence-electron chi connectivity index (χ2n) is 6.05. The van der Waals surface area contributed by atoms with Gasteiger partial charge in [0.05, 0.1) is 20.8 Å². The maximum atomic E-state index is 11.6. The molecule has 0 saturated carbocycles. The van der Waals surface area contributed by atoms with Gasteiger partial charge in [-0.15, -0.1) is 0 Å². The zero-order chi connectivity index (χ0) is 23.4. The first-order valence-corrected chi connectivity index (χ1v) is 8.52. The number of nitrogens with one attached hydrogen (secondary N) is 1. The average molecular weight is 441 g/mol. The summed E-state index contributed by atoms with van der Waals surface area (Å²) in [6, 6.07) is 9.02. The molecule has 0 fully saturated rings. The van der Waals surface area contributed by atoms with Crippen LogP contribution in [0.4, 0.5) is 17.1 Å². The van der Waals surface area contributed by atoms with Gasteiger partial charge in [-0.1, -0.05) is 18.2 Å². The number of aromatic nitrogens is 2. The lowest BCUT2D eigenvalue weighted by atomic mass is 10.2. The van der Waals surface area contributed by atoms with E-state index >= 15 is 0 Å². The van der Waals surface area contributed by atoms with Crippen LogP contribution in [0.25, 0.3) is 12.2 Å². The molecule has 0 unspecified atom stereocenters. The van der Waals surface area contributed by atoms with Crippen molar-refractivity contribution in [1.29, 1.82) is 0 Å². The van der Waals surface area contributed by atoms with Crippen molar-refractivity contribution in [2.45, 2.75) is 0 Å². The molecule has 162 valence electrons. The van der Waals surface area contributed by atoms with Gasteiger partial charge in [-0.3, -0.25) is 35.1 Å². The molecule has 0 amide bonds. The van der Waals surface area contributed by atoms with E-state index in [-0.39, 0.29) is 17.3 Å². The third-order valence-corrected chi connectivity index (χ3v) is 3.97. The Labute approximate surface area is 176 Å². The maximum absolute atomic E-state index is 11.6. The largest absolute Gasteiger partial charge is 0.488 e. The first-order chi connectivity index (χ1) is 15.2. The number of H-pyrrole nitrogens is 1. The molecule has 0 atom stereocenters. The van der Waals surface area contributed by atoms with Gasteiger partial charge < -0.3 is 14.8 Å². The quantitative estimate of drug-likeness (QED) is 0.404. The summed E-state index contributed by atoms with van der Waals surface area (Å²) in [5.41, 5.74) is -2.64. The number of hydrogen-bond donors (Lipinski definition) is 2. The molecule has 0 aliphatic carbocycles. The first-order valence-electron chi connectivity index (χ1n) is 8.52. The minimum atomic E-state index is -1.12. The molecule has 0 spiro atoms. The number of benzene rings is 2. The monoisotopic (exact) mass is 441 g/mol. The first kappa shape index (κ1) is 21.6. The maximum Gasteiger partial charge on any atom is 0.395 e. The van der Waals surface area contributed by atoms with Crippen molar-refractivity contribution in [3.8, 4) is 17.4 Å². The van der Waals surface area contributed by atoms with Gasteiger partial charge in [0.1, 0.15) is 11.6 Å². The number of rotatable bonds is 7. The lowest BCUT2D eigenvalue weighted by Crippen LogP contribution is -2.14. The van der Waals surface area contributed by atoms with E-state index in [1.54, 1.807) is 12.1 Å². The van der Waals surface area contributed by atoms with Crippen molar-refractivity contribution < 1.29 is 24.6 Å². The van der Waals surface area contributed by atoms with E-state index in [2.05, 4.69) is 9.97 Å². The van der Waals surface area contributed by atoms with Crippen molar-refractivity contribution in [3.63, 3.8) is 0 Å². The SMILES string of the molecule is O=c1[nH]c(/C=C\c2ccc(Oc3ccc([N+](=O)[O-])cc3[N+](=O)[O-])cc2)nc(O)c1[N+](=O)[O-]. The van der Waals surface area contributed by atoms with Crippen LogP contribution in [0.5, 0.6) is 17.4 Å². The van der Waals surface area contributed by atoms with E-state index in [9.17, 15) is 40.2 Å². The molecule has 0 aliphatic rings. The van der Waals surface area contributed by atoms with Crippen LogP contribution in [-0.4, -0.2) is 29.8 Å². The van der Waals surface area contributed by atoms with Gasteiger partial charge in [-0.2, -0.15) is 4.98 Å². The Hall–Kier alpha value is -5.14. The van der Waals surface area contributed by atoms with Crippen molar-refractivity contribution in [3.05, 3.63) is 94.5 Å². The molecule has 1 heterocycles. The Kier molecular flexibility index (Phi) is 5.86. The van der Waals surface area contributed by atoms with E-state index in [4.69, 9.17) is 4.74 Å². The molecule has 0 radical (unpaired) electrons. The highest BCUT2D eigenvalue weighted by Crippen LogP contribution is 2.34. The van der Waals surface area contributed by atoms with Crippen molar-refractivity contribution in [1.82, 2.24) is 9.97 Å². The predicted octanol–water partition coefficient (Wildman–Crippen LogP) is 3.16. The molecule has 2 N–H and O–H groups in total. The molecule has 14 heteroatoms. The van der Waals surface area contributed by atoms with Gasteiger partial charge in [-0.05, 0) is 29.8 Å². The fraction of sp³-hybridized carbons (Fsp3) is 0. The van der Waals surface area contributed by atoms with Crippen LogP contribution in [0, 0.1) is 30.3 Å². The number of hydrogen-bond acceptors (Lipinski definition) is 10. The van der Waals surface area contributed by atoms with Crippen molar-refractivity contribution >= 4 is 29.2 Å². The molecule has 14 nitrogen and oxygen atoms in total. The van der Waals surface area contributed by atoms with Crippen LogP contribution >= 0.6 is 0 Å². The molecule has 2 aromatic carbocycles. The van der Waals surface area contributed by atoms with Crippen LogP contribution in [0.15, 0.2) is 47.3 Å². The normalized spacial score (nSPS) is 10.8. The summed E-state index contributed by atoms with van der Waals surface area (Å²) in [6.07, 6.45) is 2.77. The lowest BCUT2D eigenvalue weighted by molar-refractivity contribution is -0.394. The molecular formula is C18H11N5O9. The highest BCUT2D eigenvalue weighted by atomic mass is 16.6. The van der Waals surface area contributed by atoms with Crippen LogP contribution in [0.1, 0.15) is 11.4 Å². The van der Waals surface area contributed by atoms with Crippen LogP contribution in [0.2, 0.25) is 0 Å². The molecule has 0 saturated heterocycles. The summed E-state index contributed by atoms with van der Waals surface area (Å²) in [5.74, 6) is -1.13. The second-order valence-corrected chi connectivity index (χ2v) is 6.05. The summed E-state index contributed by atoms with van der Waals surface area (Å²) in [5, 5.41) is 42.2. The minimum Gasteiger partial charge on any atom is -0.488 e. The summed E-state index contributed by atoms with van der Waals surface area (Å²) in [7, 11) is 0. The second kappa shape index (κ2) is 8.70. The number of aromatic hydroxyl groups is 1. The number of ether oxygens (including phenoxy) is 1. The topological polar surface area (TPSA) is 205 Å². The fourth-order valence-corrected chi connectivity index (χ4v) is 2.51. The number of aromatic amines is 1. The zero-order valence-electron chi connectivity index (χ0n) is 15.7. The minimum absolute atomic E-state index is 0.125. The van der Waals surface area contributed by atoms with Gasteiger partial charge in [0.15, 0.2) is 0 Å². The van der Waals surface area contributed by atoms with Crippen LogP contribution < -0.4 is 10.3 Å². The molecule has 3 rings (SSSR count). The number of nitrogens with zero attached hydrogens (tertiary/aromatic N) is 4. The Morgan fingerprint density at radius 2 is 1.62 bits per heavy atom. The summed E-state index contributed by atoms with van der Waals surface area (Å²) >= 11 is 0. The van der Waals surface area contributed by atoms with Crippen molar-refractivity contribution in [2.24, 2.45) is 0 Å². The highest BCUT2D eigenvalue weighted by Gasteiger charge is 2.22. The predicted molar refractivity (Wildman–Crippen MR) is 108 cm³/mol. The summed E-state index contributed by atoms with van der Waals surface area (Å²) in [4.78, 5) is 47.4. The van der Waals surface area contributed by atoms with E-state index in [0.29, 0.717) is 5.56 Å². The Morgan fingerprint density at radius 3 is 2.19 bits per heavy atom. The number of nitro benzene ring substituents is 2. The zero-order valence-corrected chi connectivity index (χ0v) is 15.7. The highest BCUT2D eigenvalue weighted by molar-refractivity contribution is 5.67. The van der Waals surface area contributed by atoms with Crippen molar-refractivity contribution in [2.75, 3.05) is 0 Å². The third-order valence-electron chi connectivity index (χ3n) is 3.97. The van der Waals surface area contributed by atoms with Crippen LogP contribution in [0.3, 0.4) is 0 Å². The Balaban J connectivity index is 1.79. The van der Waals surface area contributed by atoms with Gasteiger partial charge in [0.25, 0.3) is 11.6 Å². The van der Waals surface area contributed by atoms with E-state index in [0.717, 1.165) is 18.2 Å². The number of non-ortho nitro benzene ring substituents is 1. The van der Waals surface area contributed by atoms with E-state index in [1.807, 2.05) is 0 Å². The van der Waals surface area contributed by atoms with E-state index < -0.39 is 43.3 Å². The Morgan fingerprint density at radius 1 is 0.938 bits per heavy atom. The fourth-order valence-electron chi connectivity index (χ4n) is 2.51. The third kappa shape index (κ3) is 4.70. The van der Waals surface area contributed by atoms with Crippen LogP contribution in [-0.2, 0) is 0 Å². The van der Waals surface area contributed by atoms with Gasteiger partial charge >= 0.3 is 16.9 Å². The summed E-state index contributed by atoms with van der Waals surface area (Å²) < 4.78 is 5.45. The Bertz CT molecular complexity index is 1320. The van der Waals surface area contributed by atoms with Gasteiger partial charge in [0.2, 0.25) is 5.75 Å². The van der Waals surface area contributed by atoms with Gasteiger partial charge in [0, 0.05) is 6.07 Å². The summed E-state index contributed by atoms with van der Waals surface area (Å²) in [6.45, 7) is 0. The molecule has 0 bridgehead atoms. The average Bonchev–Trinajstić information content (AvgIpc) is 2.72. The smallest absolute Gasteiger partial charge is 0.395 e. The lowest BCUT2D eigenvalue weighted by Gasteiger charge is -2.06. The molecule has 3 aromatic rings.